The van der Waals surface area contributed by atoms with Crippen LogP contribution in [-0.2, 0) is 15.4 Å². The molecular weight excluding hydrogens is 164 g/mol. The normalized spacial score (nSPS) is 13.8. The fraction of sp³-hybridized carbons (Fsp3) is 1.00. The maximum atomic E-state index is 10.8. The van der Waals surface area contributed by atoms with E-state index >= 15 is 0 Å². The number of hydrogen-bond donors (Lipinski definition) is 1. The zero-order chi connectivity index (χ0) is 8.69. The summed E-state index contributed by atoms with van der Waals surface area (Å²) < 4.78 is 15.6. The molecule has 0 saturated carbocycles. The highest BCUT2D eigenvalue weighted by molar-refractivity contribution is 7.80. The van der Waals surface area contributed by atoms with Gasteiger partial charge in [0.1, 0.15) is 0 Å². The third-order valence-electron chi connectivity index (χ3n) is 0.903. The van der Waals surface area contributed by atoms with Crippen LogP contribution in [0.3, 0.4) is 0 Å². The van der Waals surface area contributed by atoms with Crippen molar-refractivity contribution in [3.05, 3.63) is 0 Å². The second kappa shape index (κ2) is 6.72. The van der Waals surface area contributed by atoms with Crippen LogP contribution in [0.1, 0.15) is 13.3 Å². The first-order valence-electron chi connectivity index (χ1n) is 3.60. The van der Waals surface area contributed by atoms with E-state index in [-0.39, 0.29) is 0 Å². The second-order valence-electron chi connectivity index (χ2n) is 2.47. The van der Waals surface area contributed by atoms with E-state index in [1.165, 1.54) is 0 Å². The Balaban J connectivity index is 3.17. The predicted octanol–water partition coefficient (Wildman–Crippen LogP) is 0.100. The first kappa shape index (κ1) is 11.0. The van der Waals surface area contributed by atoms with Crippen molar-refractivity contribution in [2.24, 2.45) is 0 Å². The molecule has 0 aliphatic carbocycles. The van der Waals surface area contributed by atoms with Gasteiger partial charge in [0.2, 0.25) is 0 Å². The Morgan fingerprint density at radius 2 is 2.18 bits per heavy atom. The zero-order valence-corrected chi connectivity index (χ0v) is 8.11. The summed E-state index contributed by atoms with van der Waals surface area (Å²) in [5.41, 5.74) is 2.60. The van der Waals surface area contributed by atoms with Gasteiger partial charge in [0.25, 0.3) is 0 Å². The van der Waals surface area contributed by atoms with Crippen molar-refractivity contribution < 1.29 is 8.49 Å². The smallest absolute Gasteiger partial charge is 0.173 e. The molecular formula is C6H16N2O2S. The van der Waals surface area contributed by atoms with Crippen molar-refractivity contribution in [3.8, 4) is 0 Å². The summed E-state index contributed by atoms with van der Waals surface area (Å²) in [7, 11) is 3.80. The van der Waals surface area contributed by atoms with Crippen molar-refractivity contribution in [3.63, 3.8) is 0 Å². The molecule has 0 radical (unpaired) electrons. The van der Waals surface area contributed by atoms with E-state index in [0.717, 1.165) is 6.42 Å². The predicted molar refractivity (Wildman–Crippen MR) is 46.1 cm³/mol. The Kier molecular flexibility index (Phi) is 6.74. The van der Waals surface area contributed by atoms with Crippen LogP contribution < -0.4 is 5.48 Å². The molecule has 0 saturated heterocycles. The van der Waals surface area contributed by atoms with Crippen LogP contribution in [-0.4, -0.2) is 35.6 Å². The molecule has 0 heterocycles. The van der Waals surface area contributed by atoms with Gasteiger partial charge in [-0.3, -0.25) is 4.90 Å². The Bertz CT molecular complexity index is 119. The highest BCUT2D eigenvalue weighted by Gasteiger charge is 1.96. The minimum Gasteiger partial charge on any atom is -0.295 e. The van der Waals surface area contributed by atoms with E-state index < -0.39 is 11.1 Å². The lowest BCUT2D eigenvalue weighted by atomic mass is 10.6. The molecule has 0 rings (SSSR count). The van der Waals surface area contributed by atoms with Crippen LogP contribution in [0.15, 0.2) is 0 Å². The lowest BCUT2D eigenvalue weighted by Gasteiger charge is -2.09. The van der Waals surface area contributed by atoms with E-state index in [2.05, 4.69) is 5.48 Å². The molecule has 1 N–H and O–H groups in total. The molecule has 5 heteroatoms. The first-order chi connectivity index (χ1) is 5.16. The summed E-state index contributed by atoms with van der Waals surface area (Å²) in [6.07, 6.45) is 0.871. The highest BCUT2D eigenvalue weighted by atomic mass is 32.2. The van der Waals surface area contributed by atoms with Crippen LogP contribution in [0.5, 0.6) is 0 Å². The van der Waals surface area contributed by atoms with E-state index in [4.69, 9.17) is 4.28 Å². The molecule has 0 fully saturated rings. The lowest BCUT2D eigenvalue weighted by molar-refractivity contribution is 0.166. The minimum absolute atomic E-state index is 0.579. The molecule has 0 aromatic heterocycles. The average molecular weight is 180 g/mol. The summed E-state index contributed by atoms with van der Waals surface area (Å²) in [5, 5.41) is 0. The minimum atomic E-state index is -1.17. The maximum Gasteiger partial charge on any atom is 0.173 e. The van der Waals surface area contributed by atoms with Crippen molar-refractivity contribution in [2.45, 2.75) is 13.3 Å². The molecule has 1 unspecified atom stereocenters. The van der Waals surface area contributed by atoms with Gasteiger partial charge in [-0.05, 0) is 20.5 Å². The Labute approximate surface area is 70.5 Å². The zero-order valence-electron chi connectivity index (χ0n) is 7.29. The molecule has 0 bridgehead atoms. The van der Waals surface area contributed by atoms with E-state index in [0.29, 0.717) is 12.4 Å². The molecule has 4 nitrogen and oxygen atoms in total. The van der Waals surface area contributed by atoms with E-state index in [1.54, 1.807) is 0 Å². The summed E-state index contributed by atoms with van der Waals surface area (Å²) >= 11 is -1.17. The van der Waals surface area contributed by atoms with Gasteiger partial charge in [-0.2, -0.15) is 9.76 Å². The van der Waals surface area contributed by atoms with Gasteiger partial charge < -0.3 is 0 Å². The van der Waals surface area contributed by atoms with Gasteiger partial charge in [0.15, 0.2) is 11.1 Å². The van der Waals surface area contributed by atoms with Crippen molar-refractivity contribution >= 4 is 11.1 Å². The van der Waals surface area contributed by atoms with Gasteiger partial charge >= 0.3 is 0 Å². The van der Waals surface area contributed by atoms with Gasteiger partial charge in [-0.1, -0.05) is 6.92 Å². The summed E-state index contributed by atoms with van der Waals surface area (Å²) in [4.78, 5) is 1.89. The fourth-order valence-electron chi connectivity index (χ4n) is 0.430. The van der Waals surface area contributed by atoms with Gasteiger partial charge in [-0.25, -0.2) is 4.21 Å². The standard InChI is InChI=1S/C6H16N2O2S/c1-4-5-11(9)10-7-6-8(2)3/h7H,4-6H2,1-3H3. The molecule has 0 aromatic carbocycles. The molecule has 68 valence electrons. The van der Waals surface area contributed by atoms with Crippen LogP contribution in [0.4, 0.5) is 0 Å². The van der Waals surface area contributed by atoms with Gasteiger partial charge in [0.05, 0.1) is 12.4 Å². The van der Waals surface area contributed by atoms with Gasteiger partial charge in [0, 0.05) is 0 Å². The lowest BCUT2D eigenvalue weighted by Crippen LogP contribution is -2.29. The van der Waals surface area contributed by atoms with E-state index in [9.17, 15) is 4.21 Å². The number of nitrogens with zero attached hydrogens (tertiary/aromatic N) is 1. The van der Waals surface area contributed by atoms with Crippen molar-refractivity contribution in [1.82, 2.24) is 10.4 Å². The SMILES string of the molecule is CCCS(=O)ONCN(C)C. The van der Waals surface area contributed by atoms with Crippen LogP contribution in [0, 0.1) is 0 Å². The molecule has 0 aliphatic rings. The second-order valence-corrected chi connectivity index (χ2v) is 3.66. The molecule has 0 aliphatic heterocycles. The molecule has 0 spiro atoms. The monoisotopic (exact) mass is 180 g/mol. The summed E-state index contributed by atoms with van der Waals surface area (Å²) in [6.45, 7) is 2.54. The third-order valence-corrected chi connectivity index (χ3v) is 1.95. The average Bonchev–Trinajstić information content (AvgIpc) is 1.87. The molecule has 11 heavy (non-hydrogen) atoms. The Hall–Kier alpha value is 0.0300. The van der Waals surface area contributed by atoms with Gasteiger partial charge in [-0.15, -0.1) is 0 Å². The largest absolute Gasteiger partial charge is 0.295 e. The van der Waals surface area contributed by atoms with Crippen molar-refractivity contribution in [1.29, 1.82) is 0 Å². The fourth-order valence-corrected chi connectivity index (χ4v) is 1.03. The number of rotatable bonds is 6. The molecule has 0 aromatic rings. The molecule has 0 amide bonds. The van der Waals surface area contributed by atoms with Crippen molar-refractivity contribution in [2.75, 3.05) is 26.5 Å². The molecule has 1 atom stereocenters. The van der Waals surface area contributed by atoms with E-state index in [1.807, 2.05) is 25.9 Å². The Morgan fingerprint density at radius 1 is 1.55 bits per heavy atom. The van der Waals surface area contributed by atoms with Crippen LogP contribution >= 0.6 is 0 Å². The first-order valence-corrected chi connectivity index (χ1v) is 4.84. The third kappa shape index (κ3) is 7.93. The number of hydroxylamine groups is 1. The summed E-state index contributed by atoms with van der Waals surface area (Å²) in [6, 6.07) is 0. The van der Waals surface area contributed by atoms with Crippen LogP contribution in [0.25, 0.3) is 0 Å². The number of hydrogen-bond acceptors (Lipinski definition) is 4. The highest BCUT2D eigenvalue weighted by Crippen LogP contribution is 1.85. The number of nitrogens with one attached hydrogen (secondary N) is 1. The Morgan fingerprint density at radius 3 is 2.64 bits per heavy atom. The summed E-state index contributed by atoms with van der Waals surface area (Å²) in [5.74, 6) is 0.584. The van der Waals surface area contributed by atoms with Crippen LogP contribution in [0.2, 0.25) is 0 Å². The topological polar surface area (TPSA) is 41.6 Å². The maximum absolute atomic E-state index is 10.8. The quantitative estimate of drug-likeness (QED) is 0.465.